The normalized spacial score (nSPS) is 14.3. The molecule has 11 amide bonds. The molecule has 30 heteroatoms. The molecule has 0 fully saturated rings. The smallest absolute Gasteiger partial charge is 0.328 e. The van der Waals surface area contributed by atoms with Crippen LogP contribution in [0.15, 0.2) is 109 Å². The Labute approximate surface area is 541 Å². The second-order valence-electron chi connectivity index (χ2n) is 23.1. The minimum absolute atomic E-state index is 0.00448. The quantitative estimate of drug-likeness (QED) is 0.0194. The number of carbonyl (C=O) groups excluding carboxylic acids is 12. The van der Waals surface area contributed by atoms with Gasteiger partial charge in [0.2, 0.25) is 65.0 Å². The molecule has 0 unspecified atom stereocenters. The fraction of sp³-hybridized carbons (Fsp3) is 0.422. The number of benzene rings is 4. The van der Waals surface area contributed by atoms with Crippen LogP contribution >= 0.6 is 0 Å². The molecule has 0 aliphatic carbocycles. The van der Waals surface area contributed by atoms with E-state index in [-0.39, 0.29) is 55.5 Å². The van der Waals surface area contributed by atoms with Crippen molar-refractivity contribution >= 4 is 76.7 Å². The maximum absolute atomic E-state index is 14.7. The highest BCUT2D eigenvalue weighted by Crippen LogP contribution is 2.17. The monoisotopic (exact) mass is 1310 g/mol. The average Bonchev–Trinajstić information content (AvgIpc) is 0.920. The van der Waals surface area contributed by atoms with Crippen LogP contribution in [0.25, 0.3) is 0 Å². The van der Waals surface area contributed by atoms with Crippen LogP contribution in [0.1, 0.15) is 92.4 Å². The second-order valence-corrected chi connectivity index (χ2v) is 23.1. The van der Waals surface area contributed by atoms with Gasteiger partial charge in [0, 0.05) is 36.8 Å². The maximum Gasteiger partial charge on any atom is 0.328 e. The molecule has 94 heavy (non-hydrogen) atoms. The summed E-state index contributed by atoms with van der Waals surface area (Å²) in [6, 6.07) is 11.4. The molecular weight excluding hydrogens is 1220 g/mol. The van der Waals surface area contributed by atoms with Crippen molar-refractivity contribution in [1.29, 1.82) is 0 Å². The van der Waals surface area contributed by atoms with Gasteiger partial charge in [-0.15, -0.1) is 0 Å². The van der Waals surface area contributed by atoms with Crippen molar-refractivity contribution in [3.8, 4) is 5.75 Å². The first-order valence-electron chi connectivity index (χ1n) is 30.1. The molecule has 508 valence electrons. The van der Waals surface area contributed by atoms with E-state index in [0.29, 0.717) is 27.8 Å². The Morgan fingerprint density at radius 1 is 0.383 bits per heavy atom. The highest BCUT2D eigenvalue weighted by Gasteiger charge is 2.37. The number of aromatic hydroxyl groups is 1. The van der Waals surface area contributed by atoms with Gasteiger partial charge in [-0.05, 0) is 59.9 Å². The molecule has 10 atom stereocenters. The number of amides is 11. The van der Waals surface area contributed by atoms with Crippen molar-refractivity contribution in [2.75, 3.05) is 19.8 Å². The minimum Gasteiger partial charge on any atom is -0.508 e. The van der Waals surface area contributed by atoms with Gasteiger partial charge in [0.1, 0.15) is 66.2 Å². The number of aliphatic hydroxyl groups is 3. The number of carboxylic acids is 1. The van der Waals surface area contributed by atoms with Crippen molar-refractivity contribution in [2.24, 2.45) is 29.0 Å². The predicted molar refractivity (Wildman–Crippen MR) is 337 cm³/mol. The van der Waals surface area contributed by atoms with Crippen LogP contribution in [0, 0.1) is 11.8 Å². The summed E-state index contributed by atoms with van der Waals surface area (Å²) in [6.45, 7) is 3.91. The van der Waals surface area contributed by atoms with Gasteiger partial charge < -0.3 is 90.6 Å². The fourth-order valence-electron chi connectivity index (χ4n) is 9.42. The summed E-state index contributed by atoms with van der Waals surface area (Å²) < 4.78 is 0. The molecule has 0 heterocycles. The topological polar surface area (TPSA) is 509 Å². The highest BCUT2D eigenvalue weighted by molar-refractivity contribution is 6.09. The Balaban J connectivity index is 1.64. The molecule has 4 aromatic carbocycles. The van der Waals surface area contributed by atoms with Gasteiger partial charge in [0.25, 0.3) is 0 Å². The first-order chi connectivity index (χ1) is 44.5. The lowest BCUT2D eigenvalue weighted by atomic mass is 9.98. The van der Waals surface area contributed by atoms with Gasteiger partial charge in [0.15, 0.2) is 5.78 Å². The van der Waals surface area contributed by atoms with Gasteiger partial charge in [-0.3, -0.25) is 57.5 Å². The summed E-state index contributed by atoms with van der Waals surface area (Å²) in [5, 5.41) is 71.3. The second kappa shape index (κ2) is 38.0. The number of ketones is 1. The van der Waals surface area contributed by atoms with E-state index in [4.69, 9.17) is 17.2 Å². The van der Waals surface area contributed by atoms with Gasteiger partial charge in [-0.2, -0.15) is 0 Å². The molecule has 0 spiro atoms. The number of aliphatic carboxylic acids is 1. The first-order valence-corrected chi connectivity index (χ1v) is 30.1. The minimum atomic E-state index is -1.93. The Morgan fingerprint density at radius 2 is 0.723 bits per heavy atom. The van der Waals surface area contributed by atoms with E-state index in [1.54, 1.807) is 88.4 Å². The number of carbonyl (C=O) groups is 13. The summed E-state index contributed by atoms with van der Waals surface area (Å²) in [5.74, 6) is -14.2. The number of carboxylic acid groups (broad SMARTS) is 1. The summed E-state index contributed by atoms with van der Waals surface area (Å²) in [4.78, 5) is 176. The highest BCUT2D eigenvalue weighted by atomic mass is 16.4. The number of rotatable bonds is 39. The van der Waals surface area contributed by atoms with Gasteiger partial charge in [0.05, 0.1) is 26.2 Å². The molecule has 4 aromatic rings. The Kier molecular flexibility index (Phi) is 30.8. The van der Waals surface area contributed by atoms with Crippen LogP contribution < -0.4 is 65.1 Å². The van der Waals surface area contributed by atoms with E-state index in [0.717, 1.165) is 0 Å². The summed E-state index contributed by atoms with van der Waals surface area (Å²) in [7, 11) is 0. The molecule has 0 bridgehead atoms. The van der Waals surface area contributed by atoms with Crippen LogP contribution in [0.5, 0.6) is 5.75 Å². The van der Waals surface area contributed by atoms with E-state index in [9.17, 15) is 87.9 Å². The average molecular weight is 1310 g/mol. The summed E-state index contributed by atoms with van der Waals surface area (Å²) in [5.41, 5.74) is 18.4. The molecular formula is C64H84N12O18. The molecule has 4 rings (SSSR count). The number of hydrogen-bond acceptors (Lipinski definition) is 18. The predicted octanol–water partition coefficient (Wildman–Crippen LogP) is -3.36. The molecule has 0 aliphatic heterocycles. The third-order valence-corrected chi connectivity index (χ3v) is 14.4. The number of phenolic OH excluding ortho intramolecular Hbond substituents is 1. The lowest BCUT2D eigenvalue weighted by Gasteiger charge is -2.28. The van der Waals surface area contributed by atoms with Crippen molar-refractivity contribution in [3.63, 3.8) is 0 Å². The van der Waals surface area contributed by atoms with E-state index in [1.165, 1.54) is 48.5 Å². The zero-order chi connectivity index (χ0) is 69.8. The van der Waals surface area contributed by atoms with Crippen molar-refractivity contribution < 1.29 is 87.9 Å². The maximum atomic E-state index is 14.7. The summed E-state index contributed by atoms with van der Waals surface area (Å²) in [6.07, 6.45) is -3.00. The lowest BCUT2D eigenvalue weighted by Crippen LogP contribution is -2.61. The number of primary amides is 2. The number of hydrogen-bond donors (Lipinski definition) is 17. The third-order valence-electron chi connectivity index (χ3n) is 14.4. The molecule has 0 radical (unpaired) electrons. The van der Waals surface area contributed by atoms with Gasteiger partial charge in [-0.25, -0.2) is 4.79 Å². The number of aliphatic hydroxyl groups excluding tert-OH is 3. The standard InChI is InChI=1S/C64H84N12O18/c1-34(2)25-44(69-55(84)42(65)31-77)57(86)74-49(30-53(67)82)62(91)73-46(27-36-11-7-5-8-12-36)60(89)75-50(32-78)63(92)68-43(23-24-52(66)81)56(85)71-47(29-38-17-21-41(80)22-18-38)59(88)70-45(26-35(3)4)58(87)72-48(61(90)76-51(33-79)64(93)94)28-37-15-19-40(20-16-37)54(83)39-13-9-6-10-14-39/h5-22,34-35,42-51,77-80H,23-33,65H2,1-4H3,(H2,66,81)(H2,67,82)(H,68,92)(H,69,84)(H,70,88)(H,71,85)(H,72,87)(H,73,91)(H,74,86)(H,75,89)(H,76,90)(H,93,94)/t42-,43-,44-,45-,46-,47-,48-,49-,50-,51-/m0/s1. The zero-order valence-electron chi connectivity index (χ0n) is 52.4. The van der Waals surface area contributed by atoms with Crippen LogP contribution in [-0.2, 0) is 76.8 Å². The van der Waals surface area contributed by atoms with Crippen molar-refractivity contribution in [1.82, 2.24) is 47.9 Å². The molecule has 20 N–H and O–H groups in total. The van der Waals surface area contributed by atoms with E-state index in [2.05, 4.69) is 47.9 Å². The molecule has 0 aliphatic rings. The van der Waals surface area contributed by atoms with Crippen molar-refractivity contribution in [2.45, 2.75) is 139 Å². The summed E-state index contributed by atoms with van der Waals surface area (Å²) >= 11 is 0. The van der Waals surface area contributed by atoms with Crippen LogP contribution in [-0.4, -0.2) is 183 Å². The van der Waals surface area contributed by atoms with Crippen molar-refractivity contribution in [3.05, 3.63) is 137 Å². The van der Waals surface area contributed by atoms with Crippen LogP contribution in [0.2, 0.25) is 0 Å². The third kappa shape index (κ3) is 25.5. The molecule has 30 nitrogen and oxygen atoms in total. The fourth-order valence-corrected chi connectivity index (χ4v) is 9.42. The zero-order valence-corrected chi connectivity index (χ0v) is 52.4. The van der Waals surface area contributed by atoms with Crippen LogP contribution in [0.4, 0.5) is 0 Å². The molecule has 0 aromatic heterocycles. The molecule has 0 saturated heterocycles. The van der Waals surface area contributed by atoms with E-state index in [1.807, 2.05) is 0 Å². The Bertz CT molecular complexity index is 3270. The Morgan fingerprint density at radius 3 is 1.15 bits per heavy atom. The lowest BCUT2D eigenvalue weighted by molar-refractivity contribution is -0.143. The van der Waals surface area contributed by atoms with Gasteiger partial charge >= 0.3 is 5.97 Å². The number of nitrogens with one attached hydrogen (secondary N) is 9. The largest absolute Gasteiger partial charge is 0.508 e. The SMILES string of the molecule is CC(C)C[C@H](NC(=O)[C@H](Cc1ccc(O)cc1)NC(=O)[C@H](CCC(N)=O)NC(=O)[C@H](CO)NC(=O)[C@H](Cc1ccccc1)NC(=O)[C@H](CC(N)=O)NC(=O)[C@H](CC(C)C)NC(=O)[C@@H](N)CO)C(=O)N[C@@H](Cc1ccc(C(=O)c2ccccc2)cc1)C(=O)N[C@@H](CO)C(=O)O. The Hall–Kier alpha value is -10.2. The first kappa shape index (κ1) is 76.3. The molecule has 0 saturated carbocycles. The number of phenols is 1. The van der Waals surface area contributed by atoms with E-state index < -0.39 is 170 Å². The number of nitrogens with two attached hydrogens (primary N) is 3. The van der Waals surface area contributed by atoms with Gasteiger partial charge in [-0.1, -0.05) is 125 Å². The van der Waals surface area contributed by atoms with Crippen LogP contribution in [0.3, 0.4) is 0 Å². The van der Waals surface area contributed by atoms with E-state index >= 15 is 0 Å².